The first-order valence-corrected chi connectivity index (χ1v) is 11.5. The molecule has 4 aromatic rings. The number of ether oxygens (including phenoxy) is 1. The van der Waals surface area contributed by atoms with Gasteiger partial charge in [0.05, 0.1) is 36.3 Å². The summed E-state index contributed by atoms with van der Waals surface area (Å²) in [5, 5.41) is 6.29. The fraction of sp³-hybridized carbons (Fsp3) is 0.320. The molecule has 4 heterocycles. The molecule has 1 fully saturated rings. The van der Waals surface area contributed by atoms with Gasteiger partial charge in [-0.1, -0.05) is 0 Å². The summed E-state index contributed by atoms with van der Waals surface area (Å²) in [6.07, 6.45) is 6.14. The van der Waals surface area contributed by atoms with Crippen LogP contribution in [0, 0.1) is 17.6 Å². The highest BCUT2D eigenvalue weighted by molar-refractivity contribution is 6.04. The van der Waals surface area contributed by atoms with E-state index in [1.807, 2.05) is 0 Å². The molecule has 5 rings (SSSR count). The van der Waals surface area contributed by atoms with E-state index in [0.29, 0.717) is 43.6 Å². The Balaban J connectivity index is 1.52. The highest BCUT2D eigenvalue weighted by Crippen LogP contribution is 2.33. The molecular formula is C25H25F3N6O2. The van der Waals surface area contributed by atoms with Crippen molar-refractivity contribution in [2.75, 3.05) is 36.5 Å². The van der Waals surface area contributed by atoms with Crippen molar-refractivity contribution in [3.63, 3.8) is 0 Å². The molecule has 1 amide bonds. The quantitative estimate of drug-likeness (QED) is 0.450. The zero-order valence-electron chi connectivity index (χ0n) is 20.1. The highest BCUT2D eigenvalue weighted by Gasteiger charge is 2.26. The zero-order chi connectivity index (χ0) is 25.6. The SMILES string of the molecule is CC(C)(C)n1ncc(C(=O)Nc2cc(-c3cc(N4CCOCC4)c4nccn4c3)c(F)cc2F)c1F. The number of morpholine rings is 1. The molecule has 0 atom stereocenters. The Morgan fingerprint density at radius 1 is 1.08 bits per heavy atom. The number of nitrogens with zero attached hydrogens (tertiary/aromatic N) is 5. The maximum absolute atomic E-state index is 15.0. The van der Waals surface area contributed by atoms with Crippen LogP contribution in [0.4, 0.5) is 24.5 Å². The van der Waals surface area contributed by atoms with Crippen LogP contribution >= 0.6 is 0 Å². The van der Waals surface area contributed by atoms with Gasteiger partial charge in [-0.15, -0.1) is 0 Å². The van der Waals surface area contributed by atoms with Crippen molar-refractivity contribution in [3.8, 4) is 11.1 Å². The zero-order valence-corrected chi connectivity index (χ0v) is 20.1. The fourth-order valence-corrected chi connectivity index (χ4v) is 4.21. The van der Waals surface area contributed by atoms with Crippen molar-refractivity contribution < 1.29 is 22.7 Å². The van der Waals surface area contributed by atoms with Crippen LogP contribution in [0.1, 0.15) is 31.1 Å². The minimum absolute atomic E-state index is 0.0719. The van der Waals surface area contributed by atoms with Gasteiger partial charge in [0.15, 0.2) is 5.65 Å². The van der Waals surface area contributed by atoms with Crippen molar-refractivity contribution in [2.24, 2.45) is 0 Å². The Bertz CT molecular complexity index is 1450. The smallest absolute Gasteiger partial charge is 0.262 e. The van der Waals surface area contributed by atoms with Gasteiger partial charge in [-0.05, 0) is 32.9 Å². The molecule has 0 aliphatic carbocycles. The summed E-state index contributed by atoms with van der Waals surface area (Å²) >= 11 is 0. The Hall–Kier alpha value is -3.86. The normalized spacial score (nSPS) is 14.4. The van der Waals surface area contributed by atoms with E-state index in [1.165, 1.54) is 6.07 Å². The number of halogens is 3. The Morgan fingerprint density at radius 3 is 2.53 bits per heavy atom. The first kappa shape index (κ1) is 23.9. The first-order valence-electron chi connectivity index (χ1n) is 11.5. The standard InChI is InChI=1S/C25H25F3N6O2/c1-25(2,3)34-22(28)17(13-30-34)24(35)31-20-11-16(18(26)12-19(20)27)15-10-21(32-6-8-36-9-7-32)23-29-4-5-33(23)14-15/h4-5,10-14H,6-9H2,1-3H3,(H,31,35). The van der Waals surface area contributed by atoms with E-state index in [2.05, 4.69) is 20.3 Å². The Morgan fingerprint density at radius 2 is 1.83 bits per heavy atom. The average Bonchev–Trinajstić information content (AvgIpc) is 3.47. The van der Waals surface area contributed by atoms with Crippen LogP contribution in [0.3, 0.4) is 0 Å². The van der Waals surface area contributed by atoms with Crippen LogP contribution in [0.5, 0.6) is 0 Å². The van der Waals surface area contributed by atoms with Crippen LogP contribution in [-0.4, -0.2) is 51.4 Å². The van der Waals surface area contributed by atoms with Crippen LogP contribution in [0.2, 0.25) is 0 Å². The van der Waals surface area contributed by atoms with Gasteiger partial charge in [-0.2, -0.15) is 9.49 Å². The number of carbonyl (C=O) groups is 1. The number of hydrogen-bond donors (Lipinski definition) is 1. The number of nitrogens with one attached hydrogen (secondary N) is 1. The molecule has 1 aromatic carbocycles. The van der Waals surface area contributed by atoms with Gasteiger partial charge < -0.3 is 19.4 Å². The van der Waals surface area contributed by atoms with Gasteiger partial charge in [0.25, 0.3) is 5.91 Å². The highest BCUT2D eigenvalue weighted by atomic mass is 19.1. The number of rotatable bonds is 4. The maximum Gasteiger partial charge on any atom is 0.262 e. The molecule has 0 spiro atoms. The number of benzene rings is 1. The van der Waals surface area contributed by atoms with Crippen molar-refractivity contribution in [2.45, 2.75) is 26.3 Å². The van der Waals surface area contributed by atoms with Crippen molar-refractivity contribution in [3.05, 3.63) is 66.1 Å². The summed E-state index contributed by atoms with van der Waals surface area (Å²) in [6.45, 7) is 7.61. The first-order chi connectivity index (χ1) is 17.1. The summed E-state index contributed by atoms with van der Waals surface area (Å²) in [6, 6.07) is 3.69. The van der Waals surface area contributed by atoms with Gasteiger partial charge in [-0.3, -0.25) is 4.79 Å². The molecule has 188 valence electrons. The lowest BCUT2D eigenvalue weighted by atomic mass is 10.0. The van der Waals surface area contributed by atoms with E-state index < -0.39 is 29.0 Å². The third kappa shape index (κ3) is 4.30. The maximum atomic E-state index is 15.0. The minimum Gasteiger partial charge on any atom is -0.378 e. The number of fused-ring (bicyclic) bond motifs is 1. The summed E-state index contributed by atoms with van der Waals surface area (Å²) in [5.41, 5.74) is 0.697. The van der Waals surface area contributed by atoms with Crippen LogP contribution in [0.15, 0.2) is 43.0 Å². The van der Waals surface area contributed by atoms with E-state index in [4.69, 9.17) is 4.74 Å². The van der Waals surface area contributed by atoms with E-state index in [0.717, 1.165) is 16.6 Å². The third-order valence-electron chi connectivity index (χ3n) is 6.03. The average molecular weight is 499 g/mol. The van der Waals surface area contributed by atoms with Crippen LogP contribution in [-0.2, 0) is 10.3 Å². The monoisotopic (exact) mass is 498 g/mol. The number of anilines is 2. The molecule has 1 aliphatic heterocycles. The van der Waals surface area contributed by atoms with E-state index in [1.54, 1.807) is 49.8 Å². The largest absolute Gasteiger partial charge is 0.378 e. The molecule has 0 unspecified atom stereocenters. The molecule has 1 aliphatic rings. The lowest BCUT2D eigenvalue weighted by molar-refractivity contribution is 0.102. The third-order valence-corrected chi connectivity index (χ3v) is 6.03. The molecule has 0 saturated carbocycles. The number of carbonyl (C=O) groups excluding carboxylic acids is 1. The van der Waals surface area contributed by atoms with Crippen LogP contribution < -0.4 is 10.2 Å². The number of imidazole rings is 1. The predicted octanol–water partition coefficient (Wildman–Crippen LogP) is 4.46. The lowest BCUT2D eigenvalue weighted by Crippen LogP contribution is -2.36. The summed E-state index contributed by atoms with van der Waals surface area (Å²) in [4.78, 5) is 19.3. The second kappa shape index (κ2) is 8.98. The summed E-state index contributed by atoms with van der Waals surface area (Å²) < 4.78 is 52.7. The molecule has 36 heavy (non-hydrogen) atoms. The molecule has 11 heteroatoms. The predicted molar refractivity (Wildman–Crippen MR) is 129 cm³/mol. The van der Waals surface area contributed by atoms with Gasteiger partial charge in [0.1, 0.15) is 17.2 Å². The number of hydrogen-bond acceptors (Lipinski definition) is 5. The molecule has 8 nitrogen and oxygen atoms in total. The minimum atomic E-state index is -0.981. The topological polar surface area (TPSA) is 76.7 Å². The van der Waals surface area contributed by atoms with E-state index in [-0.39, 0.29) is 16.8 Å². The molecule has 1 saturated heterocycles. The van der Waals surface area contributed by atoms with Gasteiger partial charge in [0, 0.05) is 48.9 Å². The number of aromatic nitrogens is 4. The second-order valence-electron chi connectivity index (χ2n) is 9.57. The second-order valence-corrected chi connectivity index (χ2v) is 9.57. The van der Waals surface area contributed by atoms with E-state index >= 15 is 0 Å². The van der Waals surface area contributed by atoms with Gasteiger partial charge in [-0.25, -0.2) is 18.4 Å². The summed E-state index contributed by atoms with van der Waals surface area (Å²) in [7, 11) is 0. The summed E-state index contributed by atoms with van der Waals surface area (Å²) in [5.74, 6) is -3.52. The van der Waals surface area contributed by atoms with Crippen molar-refractivity contribution in [1.82, 2.24) is 19.2 Å². The Labute approximate surface area is 205 Å². The van der Waals surface area contributed by atoms with Crippen molar-refractivity contribution in [1.29, 1.82) is 0 Å². The lowest BCUT2D eigenvalue weighted by Gasteiger charge is -2.29. The van der Waals surface area contributed by atoms with Gasteiger partial charge in [0.2, 0.25) is 5.95 Å². The molecule has 0 radical (unpaired) electrons. The molecule has 0 bridgehead atoms. The van der Waals surface area contributed by atoms with Gasteiger partial charge >= 0.3 is 0 Å². The fourth-order valence-electron chi connectivity index (χ4n) is 4.21. The molecule has 3 aromatic heterocycles. The number of pyridine rings is 1. The van der Waals surface area contributed by atoms with Crippen molar-refractivity contribution >= 4 is 22.9 Å². The molecule has 1 N–H and O–H groups in total. The Kier molecular flexibility index (Phi) is 5.95. The van der Waals surface area contributed by atoms with E-state index in [9.17, 15) is 18.0 Å². The molecular weight excluding hydrogens is 473 g/mol. The van der Waals surface area contributed by atoms with Crippen LogP contribution in [0.25, 0.3) is 16.8 Å². The number of amides is 1.